The quantitative estimate of drug-likeness (QED) is 0.901. The summed E-state index contributed by atoms with van der Waals surface area (Å²) >= 11 is 0. The lowest BCUT2D eigenvalue weighted by Gasteiger charge is -2.38. The predicted molar refractivity (Wildman–Crippen MR) is 80.1 cm³/mol. The second-order valence-corrected chi connectivity index (χ2v) is 5.54. The van der Waals surface area contributed by atoms with Crippen LogP contribution in [0.3, 0.4) is 0 Å². The lowest BCUT2D eigenvalue weighted by Crippen LogP contribution is -2.53. The Balaban J connectivity index is 2.40. The molecule has 0 radical (unpaired) electrons. The van der Waals surface area contributed by atoms with E-state index in [0.29, 0.717) is 0 Å². The number of anilines is 2. The van der Waals surface area contributed by atoms with E-state index >= 15 is 0 Å². The van der Waals surface area contributed by atoms with Gasteiger partial charge in [-0.2, -0.15) is 0 Å². The Bertz CT molecular complexity index is 526. The highest BCUT2D eigenvalue weighted by molar-refractivity contribution is 6.10. The standard InChI is InChI=1S/C15H21N3O2/c1-10(2)16-15(20)17-9-14(19)18(11(3)4)13-8-6-5-7-12(13)17/h5-8,10-11H,9H2,1-4H3,(H,16,20). The number of benzene rings is 1. The summed E-state index contributed by atoms with van der Waals surface area (Å²) in [5, 5.41) is 2.83. The zero-order chi connectivity index (χ0) is 14.9. The second-order valence-electron chi connectivity index (χ2n) is 5.54. The van der Waals surface area contributed by atoms with Crippen molar-refractivity contribution in [3.63, 3.8) is 0 Å². The number of carbonyl (C=O) groups excluding carboxylic acids is 2. The molecule has 5 heteroatoms. The van der Waals surface area contributed by atoms with Crippen molar-refractivity contribution in [2.75, 3.05) is 16.3 Å². The number of rotatable bonds is 2. The SMILES string of the molecule is CC(C)NC(=O)N1CC(=O)N(C(C)C)c2ccccc21. The largest absolute Gasteiger partial charge is 0.336 e. The molecule has 0 bridgehead atoms. The maximum absolute atomic E-state index is 12.3. The summed E-state index contributed by atoms with van der Waals surface area (Å²) in [4.78, 5) is 27.8. The number of hydrogen-bond donors (Lipinski definition) is 1. The van der Waals surface area contributed by atoms with E-state index in [-0.39, 0.29) is 30.6 Å². The zero-order valence-electron chi connectivity index (χ0n) is 12.4. The minimum absolute atomic E-state index is 0.0351. The third-order valence-corrected chi connectivity index (χ3v) is 3.17. The summed E-state index contributed by atoms with van der Waals surface area (Å²) < 4.78 is 0. The van der Waals surface area contributed by atoms with E-state index < -0.39 is 0 Å². The molecule has 0 saturated carbocycles. The first kappa shape index (κ1) is 14.4. The Morgan fingerprint density at radius 2 is 1.75 bits per heavy atom. The first-order valence-corrected chi connectivity index (χ1v) is 6.91. The van der Waals surface area contributed by atoms with Crippen LogP contribution in [0.4, 0.5) is 16.2 Å². The molecule has 1 aromatic rings. The van der Waals surface area contributed by atoms with Crippen LogP contribution in [-0.2, 0) is 4.79 Å². The number of urea groups is 1. The average molecular weight is 275 g/mol. The molecule has 5 nitrogen and oxygen atoms in total. The number of amides is 3. The first-order valence-electron chi connectivity index (χ1n) is 6.91. The van der Waals surface area contributed by atoms with Crippen LogP contribution in [0, 0.1) is 0 Å². The van der Waals surface area contributed by atoms with E-state index in [1.807, 2.05) is 52.0 Å². The molecule has 1 aliphatic heterocycles. The Morgan fingerprint density at radius 3 is 2.30 bits per heavy atom. The van der Waals surface area contributed by atoms with E-state index in [1.165, 1.54) is 4.90 Å². The van der Waals surface area contributed by atoms with Gasteiger partial charge in [0, 0.05) is 12.1 Å². The molecule has 0 aliphatic carbocycles. The van der Waals surface area contributed by atoms with E-state index in [4.69, 9.17) is 0 Å². The van der Waals surface area contributed by atoms with Gasteiger partial charge in [0.15, 0.2) is 0 Å². The molecule has 0 fully saturated rings. The van der Waals surface area contributed by atoms with Gasteiger partial charge in [-0.1, -0.05) is 12.1 Å². The predicted octanol–water partition coefficient (Wildman–Crippen LogP) is 2.37. The fourth-order valence-electron chi connectivity index (χ4n) is 2.40. The summed E-state index contributed by atoms with van der Waals surface area (Å²) in [7, 11) is 0. The fraction of sp³-hybridized carbons (Fsp3) is 0.467. The van der Waals surface area contributed by atoms with Crippen LogP contribution in [0.5, 0.6) is 0 Å². The molecule has 108 valence electrons. The molecule has 1 N–H and O–H groups in total. The Kier molecular flexibility index (Phi) is 3.97. The van der Waals surface area contributed by atoms with Crippen LogP contribution in [0.2, 0.25) is 0 Å². The zero-order valence-corrected chi connectivity index (χ0v) is 12.4. The van der Waals surface area contributed by atoms with E-state index in [2.05, 4.69) is 5.32 Å². The second kappa shape index (κ2) is 5.53. The van der Waals surface area contributed by atoms with Crippen molar-refractivity contribution in [3.8, 4) is 0 Å². The fourth-order valence-corrected chi connectivity index (χ4v) is 2.40. The molecule has 0 saturated heterocycles. The molecule has 1 aliphatic rings. The Labute approximate surface area is 119 Å². The maximum atomic E-state index is 12.3. The molecule has 0 spiro atoms. The van der Waals surface area contributed by atoms with E-state index in [9.17, 15) is 9.59 Å². The molecular formula is C15H21N3O2. The molecule has 0 aromatic heterocycles. The highest BCUT2D eigenvalue weighted by Crippen LogP contribution is 2.34. The molecule has 1 aromatic carbocycles. The van der Waals surface area contributed by atoms with Crippen LogP contribution in [-0.4, -0.2) is 30.6 Å². The first-order chi connectivity index (χ1) is 9.41. The highest BCUT2D eigenvalue weighted by Gasteiger charge is 2.33. The minimum atomic E-state index is -0.232. The molecule has 0 unspecified atom stereocenters. The number of para-hydroxylation sites is 2. The van der Waals surface area contributed by atoms with Crippen molar-refractivity contribution in [2.24, 2.45) is 0 Å². The minimum Gasteiger partial charge on any atom is -0.336 e. The molecular weight excluding hydrogens is 254 g/mol. The third kappa shape index (κ3) is 2.61. The molecule has 20 heavy (non-hydrogen) atoms. The Morgan fingerprint density at radius 1 is 1.15 bits per heavy atom. The van der Waals surface area contributed by atoms with E-state index in [0.717, 1.165) is 11.4 Å². The van der Waals surface area contributed by atoms with Gasteiger partial charge < -0.3 is 10.2 Å². The van der Waals surface area contributed by atoms with Gasteiger partial charge in [-0.25, -0.2) is 4.79 Å². The van der Waals surface area contributed by atoms with Crippen molar-refractivity contribution in [1.29, 1.82) is 0 Å². The van der Waals surface area contributed by atoms with Gasteiger partial charge in [-0.3, -0.25) is 9.69 Å². The van der Waals surface area contributed by atoms with Gasteiger partial charge in [0.2, 0.25) is 5.91 Å². The van der Waals surface area contributed by atoms with Gasteiger partial charge in [0.05, 0.1) is 11.4 Å². The summed E-state index contributed by atoms with van der Waals surface area (Å²) in [6.07, 6.45) is 0. The molecule has 1 heterocycles. The van der Waals surface area contributed by atoms with Crippen molar-refractivity contribution in [1.82, 2.24) is 5.32 Å². The van der Waals surface area contributed by atoms with Crippen LogP contribution >= 0.6 is 0 Å². The van der Waals surface area contributed by atoms with Gasteiger partial charge in [0.1, 0.15) is 6.54 Å². The third-order valence-electron chi connectivity index (χ3n) is 3.17. The smallest absolute Gasteiger partial charge is 0.322 e. The maximum Gasteiger partial charge on any atom is 0.322 e. The summed E-state index contributed by atoms with van der Waals surface area (Å²) in [6.45, 7) is 7.82. The number of hydrogen-bond acceptors (Lipinski definition) is 2. The monoisotopic (exact) mass is 275 g/mol. The summed E-state index contributed by atoms with van der Waals surface area (Å²) in [6, 6.07) is 7.38. The van der Waals surface area contributed by atoms with Gasteiger partial charge in [0.25, 0.3) is 0 Å². The number of nitrogens with one attached hydrogen (secondary N) is 1. The average Bonchev–Trinajstić information content (AvgIpc) is 2.36. The van der Waals surface area contributed by atoms with Crippen LogP contribution < -0.4 is 15.1 Å². The van der Waals surface area contributed by atoms with Crippen LogP contribution in [0.15, 0.2) is 24.3 Å². The van der Waals surface area contributed by atoms with Gasteiger partial charge in [-0.05, 0) is 39.8 Å². The molecule has 3 amide bonds. The number of carbonyl (C=O) groups is 2. The van der Waals surface area contributed by atoms with Crippen LogP contribution in [0.25, 0.3) is 0 Å². The topological polar surface area (TPSA) is 52.7 Å². The van der Waals surface area contributed by atoms with Crippen LogP contribution in [0.1, 0.15) is 27.7 Å². The summed E-state index contributed by atoms with van der Waals surface area (Å²) in [5.74, 6) is -0.0578. The molecule has 0 atom stereocenters. The Hall–Kier alpha value is -2.04. The lowest BCUT2D eigenvalue weighted by molar-refractivity contribution is -0.117. The van der Waals surface area contributed by atoms with Gasteiger partial charge >= 0.3 is 6.03 Å². The van der Waals surface area contributed by atoms with Crippen molar-refractivity contribution >= 4 is 23.3 Å². The lowest BCUT2D eigenvalue weighted by atomic mass is 10.1. The number of nitrogens with zero attached hydrogens (tertiary/aromatic N) is 2. The van der Waals surface area contributed by atoms with E-state index in [1.54, 1.807) is 4.90 Å². The summed E-state index contributed by atoms with van der Waals surface area (Å²) in [5.41, 5.74) is 1.57. The van der Waals surface area contributed by atoms with Crippen molar-refractivity contribution in [3.05, 3.63) is 24.3 Å². The highest BCUT2D eigenvalue weighted by atomic mass is 16.2. The normalized spacial score (nSPS) is 14.8. The number of fused-ring (bicyclic) bond motifs is 1. The van der Waals surface area contributed by atoms with Gasteiger partial charge in [-0.15, -0.1) is 0 Å². The van der Waals surface area contributed by atoms with Crippen molar-refractivity contribution in [2.45, 2.75) is 39.8 Å². The van der Waals surface area contributed by atoms with Crippen molar-refractivity contribution < 1.29 is 9.59 Å². The molecule has 2 rings (SSSR count).